The highest BCUT2D eigenvalue weighted by molar-refractivity contribution is 5.82. The first-order chi connectivity index (χ1) is 13.0. The molecule has 6 nitrogen and oxygen atoms in total. The average Bonchev–Trinajstić information content (AvgIpc) is 2.73. The van der Waals surface area contributed by atoms with E-state index < -0.39 is 5.54 Å². The number of anilines is 1. The standard InChI is InChI=1S/C21H30N4O2/c1-17(20(27)23(2)21(16-22)10-6-3-7-11-21)24-12-14-25(15-13-24)18-8-4-5-9-19(18)26/h4-5,8-9,17,26H,3,6-7,10-15H2,1-2H3/t17-/m1/s1. The maximum absolute atomic E-state index is 13.1. The number of phenols is 1. The number of carbonyl (C=O) groups is 1. The van der Waals surface area contributed by atoms with Crippen LogP contribution in [0, 0.1) is 11.3 Å². The molecule has 0 unspecified atom stereocenters. The summed E-state index contributed by atoms with van der Waals surface area (Å²) in [7, 11) is 1.80. The molecule has 27 heavy (non-hydrogen) atoms. The summed E-state index contributed by atoms with van der Waals surface area (Å²) in [5.41, 5.74) is 0.209. The maximum Gasteiger partial charge on any atom is 0.240 e. The zero-order valence-electron chi connectivity index (χ0n) is 16.4. The Morgan fingerprint density at radius 3 is 2.41 bits per heavy atom. The van der Waals surface area contributed by atoms with Crippen LogP contribution in [-0.2, 0) is 4.79 Å². The molecule has 146 valence electrons. The van der Waals surface area contributed by atoms with E-state index in [0.717, 1.165) is 64.0 Å². The van der Waals surface area contributed by atoms with Crippen LogP contribution in [0.4, 0.5) is 5.69 Å². The molecular formula is C21H30N4O2. The fourth-order valence-corrected chi connectivity index (χ4v) is 4.39. The molecule has 1 aromatic rings. The second kappa shape index (κ2) is 8.18. The second-order valence-electron chi connectivity index (χ2n) is 7.79. The summed E-state index contributed by atoms with van der Waals surface area (Å²) >= 11 is 0. The van der Waals surface area contributed by atoms with Crippen molar-refractivity contribution in [2.45, 2.75) is 50.6 Å². The monoisotopic (exact) mass is 370 g/mol. The number of hydrogen-bond donors (Lipinski definition) is 1. The van der Waals surface area contributed by atoms with Crippen LogP contribution in [0.3, 0.4) is 0 Å². The number of nitrogens with zero attached hydrogens (tertiary/aromatic N) is 4. The number of nitriles is 1. The molecule has 0 radical (unpaired) electrons. The fourth-order valence-electron chi connectivity index (χ4n) is 4.39. The van der Waals surface area contributed by atoms with Crippen LogP contribution < -0.4 is 4.90 Å². The van der Waals surface area contributed by atoms with Crippen LogP contribution >= 0.6 is 0 Å². The van der Waals surface area contributed by atoms with E-state index in [1.54, 1.807) is 18.0 Å². The van der Waals surface area contributed by atoms with E-state index in [2.05, 4.69) is 15.9 Å². The van der Waals surface area contributed by atoms with Crippen molar-refractivity contribution in [2.24, 2.45) is 0 Å². The Balaban J connectivity index is 1.61. The van der Waals surface area contributed by atoms with Gasteiger partial charge in [0, 0.05) is 33.2 Å². The summed E-state index contributed by atoms with van der Waals surface area (Å²) < 4.78 is 0. The molecule has 1 aliphatic heterocycles. The van der Waals surface area contributed by atoms with Crippen molar-refractivity contribution in [1.82, 2.24) is 9.80 Å². The quantitative estimate of drug-likeness (QED) is 0.882. The van der Waals surface area contributed by atoms with Crippen molar-refractivity contribution in [1.29, 1.82) is 5.26 Å². The van der Waals surface area contributed by atoms with Crippen molar-refractivity contribution in [2.75, 3.05) is 38.1 Å². The van der Waals surface area contributed by atoms with E-state index in [0.29, 0.717) is 5.75 Å². The van der Waals surface area contributed by atoms with Gasteiger partial charge in [0.05, 0.1) is 17.8 Å². The van der Waals surface area contributed by atoms with Crippen LogP contribution in [0.25, 0.3) is 0 Å². The lowest BCUT2D eigenvalue weighted by Crippen LogP contribution is -2.58. The zero-order valence-corrected chi connectivity index (χ0v) is 16.4. The molecule has 1 aromatic carbocycles. The molecule has 2 fully saturated rings. The van der Waals surface area contributed by atoms with E-state index in [1.807, 2.05) is 25.1 Å². The van der Waals surface area contributed by atoms with Crippen LogP contribution in [0.5, 0.6) is 5.75 Å². The average molecular weight is 370 g/mol. The lowest BCUT2D eigenvalue weighted by molar-refractivity contribution is -0.140. The molecule has 1 aliphatic carbocycles. The van der Waals surface area contributed by atoms with Crippen molar-refractivity contribution in [3.63, 3.8) is 0 Å². The summed E-state index contributed by atoms with van der Waals surface area (Å²) in [5, 5.41) is 19.8. The summed E-state index contributed by atoms with van der Waals surface area (Å²) in [6.45, 7) is 5.00. The van der Waals surface area contributed by atoms with E-state index in [-0.39, 0.29) is 11.9 Å². The predicted molar refractivity (Wildman–Crippen MR) is 106 cm³/mol. The number of rotatable bonds is 4. The Bertz CT molecular complexity index is 700. The lowest BCUT2D eigenvalue weighted by atomic mass is 9.81. The number of likely N-dealkylation sites (N-methyl/N-ethyl adjacent to an activating group) is 1. The van der Waals surface area contributed by atoms with E-state index in [1.165, 1.54) is 0 Å². The molecule has 3 rings (SSSR count). The van der Waals surface area contributed by atoms with Crippen LogP contribution in [0.2, 0.25) is 0 Å². The Labute approximate surface area is 162 Å². The van der Waals surface area contributed by atoms with Gasteiger partial charge in [0.2, 0.25) is 5.91 Å². The molecule has 0 aromatic heterocycles. The fraction of sp³-hybridized carbons (Fsp3) is 0.619. The highest BCUT2D eigenvalue weighted by atomic mass is 16.3. The van der Waals surface area contributed by atoms with Gasteiger partial charge in [-0.15, -0.1) is 0 Å². The largest absolute Gasteiger partial charge is 0.506 e. The number of phenolic OH excluding ortho intramolecular Hbond substituents is 1. The Morgan fingerprint density at radius 1 is 1.19 bits per heavy atom. The lowest BCUT2D eigenvalue weighted by Gasteiger charge is -2.43. The number of amides is 1. The third-order valence-corrected chi connectivity index (χ3v) is 6.30. The van der Waals surface area contributed by atoms with Gasteiger partial charge in [0.25, 0.3) is 0 Å². The number of para-hydroxylation sites is 2. The van der Waals surface area contributed by atoms with Crippen molar-refractivity contribution >= 4 is 11.6 Å². The highest BCUT2D eigenvalue weighted by Gasteiger charge is 2.41. The van der Waals surface area contributed by atoms with Crippen molar-refractivity contribution < 1.29 is 9.90 Å². The molecule has 1 atom stereocenters. The van der Waals surface area contributed by atoms with Crippen molar-refractivity contribution in [3.8, 4) is 11.8 Å². The Morgan fingerprint density at radius 2 is 1.81 bits per heavy atom. The number of piperazine rings is 1. The van der Waals surface area contributed by atoms with Gasteiger partial charge in [-0.1, -0.05) is 31.4 Å². The normalized spacial score (nSPS) is 21.3. The van der Waals surface area contributed by atoms with Gasteiger partial charge in [-0.3, -0.25) is 9.69 Å². The molecule has 1 saturated heterocycles. The van der Waals surface area contributed by atoms with Crippen LogP contribution in [0.1, 0.15) is 39.0 Å². The van der Waals surface area contributed by atoms with E-state index in [9.17, 15) is 15.2 Å². The van der Waals surface area contributed by atoms with Crippen molar-refractivity contribution in [3.05, 3.63) is 24.3 Å². The van der Waals surface area contributed by atoms with Gasteiger partial charge < -0.3 is 14.9 Å². The SMILES string of the molecule is C[C@H](C(=O)N(C)C1(C#N)CCCCC1)N1CCN(c2ccccc2O)CC1. The highest BCUT2D eigenvalue weighted by Crippen LogP contribution is 2.33. The van der Waals surface area contributed by atoms with E-state index in [4.69, 9.17) is 0 Å². The summed E-state index contributed by atoms with van der Waals surface area (Å²) in [6.07, 6.45) is 4.73. The summed E-state index contributed by atoms with van der Waals surface area (Å²) in [6, 6.07) is 9.57. The zero-order chi connectivity index (χ0) is 19.4. The molecule has 1 amide bonds. The van der Waals surface area contributed by atoms with Crippen LogP contribution in [-0.4, -0.2) is 65.6 Å². The minimum Gasteiger partial charge on any atom is -0.506 e. The number of hydrogen-bond acceptors (Lipinski definition) is 5. The molecule has 6 heteroatoms. The van der Waals surface area contributed by atoms with Crippen LogP contribution in [0.15, 0.2) is 24.3 Å². The van der Waals surface area contributed by atoms with Gasteiger partial charge in [0.1, 0.15) is 11.3 Å². The van der Waals surface area contributed by atoms with Gasteiger partial charge in [-0.2, -0.15) is 5.26 Å². The molecule has 0 bridgehead atoms. The third-order valence-electron chi connectivity index (χ3n) is 6.30. The molecule has 1 heterocycles. The van der Waals surface area contributed by atoms with Gasteiger partial charge in [0.15, 0.2) is 0 Å². The summed E-state index contributed by atoms with van der Waals surface area (Å²) in [4.78, 5) is 19.1. The summed E-state index contributed by atoms with van der Waals surface area (Å²) in [5.74, 6) is 0.331. The Hall–Kier alpha value is -2.26. The van der Waals surface area contributed by atoms with Gasteiger partial charge >= 0.3 is 0 Å². The predicted octanol–water partition coefficient (Wildman–Crippen LogP) is 2.59. The molecule has 1 saturated carbocycles. The van der Waals surface area contributed by atoms with Gasteiger partial charge in [-0.05, 0) is 31.9 Å². The number of aromatic hydroxyl groups is 1. The maximum atomic E-state index is 13.1. The minimum absolute atomic E-state index is 0.0365. The topological polar surface area (TPSA) is 70.8 Å². The first kappa shape index (κ1) is 19.5. The minimum atomic E-state index is -0.638. The molecule has 2 aliphatic rings. The first-order valence-corrected chi connectivity index (χ1v) is 9.94. The molecular weight excluding hydrogens is 340 g/mol. The van der Waals surface area contributed by atoms with E-state index >= 15 is 0 Å². The third kappa shape index (κ3) is 3.89. The molecule has 0 spiro atoms. The second-order valence-corrected chi connectivity index (χ2v) is 7.79. The Kier molecular flexibility index (Phi) is 5.91. The van der Waals surface area contributed by atoms with Gasteiger partial charge in [-0.25, -0.2) is 0 Å². The molecule has 1 N–H and O–H groups in total. The smallest absolute Gasteiger partial charge is 0.240 e. The number of carbonyl (C=O) groups excluding carboxylic acids is 1. The number of benzene rings is 1. The first-order valence-electron chi connectivity index (χ1n) is 9.94.